The molecule has 0 aliphatic heterocycles. The Bertz CT molecular complexity index is 269. The van der Waals surface area contributed by atoms with Crippen molar-refractivity contribution in [2.75, 3.05) is 0 Å². The third-order valence-corrected chi connectivity index (χ3v) is 2.47. The van der Waals surface area contributed by atoms with Crippen molar-refractivity contribution in [2.24, 2.45) is 0 Å². The van der Waals surface area contributed by atoms with E-state index in [9.17, 15) is 4.79 Å². The molecular formula is C6H6ClNOS. The van der Waals surface area contributed by atoms with E-state index in [4.69, 9.17) is 11.6 Å². The van der Waals surface area contributed by atoms with Crippen molar-refractivity contribution in [1.82, 2.24) is 4.98 Å². The Labute approximate surface area is 67.9 Å². The van der Waals surface area contributed by atoms with Crippen LogP contribution < -0.4 is 0 Å². The molecule has 0 aliphatic carbocycles. The van der Waals surface area contributed by atoms with E-state index in [1.54, 1.807) is 0 Å². The van der Waals surface area contributed by atoms with Crippen LogP contribution in [-0.4, -0.2) is 10.8 Å². The number of thiazole rings is 1. The molecule has 2 nitrogen and oxygen atoms in total. The van der Waals surface area contributed by atoms with Crippen molar-refractivity contribution in [3.8, 4) is 0 Å². The molecule has 0 aromatic carbocycles. The SMILES string of the molecule is CC(=O)c1sc(C)nc1Cl. The van der Waals surface area contributed by atoms with Gasteiger partial charge in [-0.2, -0.15) is 0 Å². The lowest BCUT2D eigenvalue weighted by atomic mass is 10.4. The average Bonchev–Trinajstić information content (AvgIpc) is 2.10. The summed E-state index contributed by atoms with van der Waals surface area (Å²) in [5.41, 5.74) is 0. The number of aryl methyl sites for hydroxylation is 1. The second-order valence-electron chi connectivity index (χ2n) is 1.91. The monoisotopic (exact) mass is 175 g/mol. The highest BCUT2D eigenvalue weighted by molar-refractivity contribution is 7.14. The smallest absolute Gasteiger partial charge is 0.172 e. The first-order chi connectivity index (χ1) is 4.61. The molecule has 1 aromatic rings. The van der Waals surface area contributed by atoms with Gasteiger partial charge in [0.05, 0.1) is 5.01 Å². The molecule has 10 heavy (non-hydrogen) atoms. The molecule has 0 bridgehead atoms. The Morgan fingerprint density at radius 2 is 2.30 bits per heavy atom. The Morgan fingerprint density at radius 1 is 1.70 bits per heavy atom. The third-order valence-electron chi connectivity index (χ3n) is 1.01. The fourth-order valence-corrected chi connectivity index (χ4v) is 1.75. The van der Waals surface area contributed by atoms with Crippen LogP contribution >= 0.6 is 22.9 Å². The van der Waals surface area contributed by atoms with Crippen molar-refractivity contribution in [2.45, 2.75) is 13.8 Å². The maximum Gasteiger partial charge on any atom is 0.172 e. The van der Waals surface area contributed by atoms with E-state index in [0.29, 0.717) is 10.0 Å². The van der Waals surface area contributed by atoms with Crippen LogP contribution in [0.5, 0.6) is 0 Å². The quantitative estimate of drug-likeness (QED) is 0.614. The zero-order valence-electron chi connectivity index (χ0n) is 5.64. The summed E-state index contributed by atoms with van der Waals surface area (Å²) in [6.45, 7) is 3.31. The molecule has 0 saturated carbocycles. The molecule has 0 fully saturated rings. The number of hydrogen-bond acceptors (Lipinski definition) is 3. The van der Waals surface area contributed by atoms with Gasteiger partial charge in [0, 0.05) is 6.92 Å². The van der Waals surface area contributed by atoms with E-state index in [-0.39, 0.29) is 5.78 Å². The van der Waals surface area contributed by atoms with Crippen LogP contribution in [-0.2, 0) is 0 Å². The van der Waals surface area contributed by atoms with Gasteiger partial charge in [0.25, 0.3) is 0 Å². The highest BCUT2D eigenvalue weighted by Crippen LogP contribution is 2.22. The van der Waals surface area contributed by atoms with E-state index in [2.05, 4.69) is 4.98 Å². The van der Waals surface area contributed by atoms with Gasteiger partial charge in [0.15, 0.2) is 10.9 Å². The Morgan fingerprint density at radius 3 is 2.50 bits per heavy atom. The predicted octanol–water partition coefficient (Wildman–Crippen LogP) is 2.31. The lowest BCUT2D eigenvalue weighted by molar-refractivity contribution is 0.102. The Kier molecular flexibility index (Phi) is 2.06. The van der Waals surface area contributed by atoms with Crippen LogP contribution in [0.4, 0.5) is 0 Å². The molecule has 0 radical (unpaired) electrons. The summed E-state index contributed by atoms with van der Waals surface area (Å²) in [6.07, 6.45) is 0. The molecule has 1 aromatic heterocycles. The van der Waals surface area contributed by atoms with E-state index in [0.717, 1.165) is 5.01 Å². The van der Waals surface area contributed by atoms with E-state index >= 15 is 0 Å². The van der Waals surface area contributed by atoms with E-state index in [1.807, 2.05) is 6.92 Å². The normalized spacial score (nSPS) is 9.90. The minimum atomic E-state index is -0.0180. The number of aromatic nitrogens is 1. The number of ketones is 1. The van der Waals surface area contributed by atoms with Crippen LogP contribution in [0.15, 0.2) is 0 Å². The van der Waals surface area contributed by atoms with Gasteiger partial charge >= 0.3 is 0 Å². The molecular weight excluding hydrogens is 170 g/mol. The van der Waals surface area contributed by atoms with Gasteiger partial charge in [-0.3, -0.25) is 4.79 Å². The highest BCUT2D eigenvalue weighted by Gasteiger charge is 2.09. The molecule has 0 aliphatic rings. The van der Waals surface area contributed by atoms with E-state index < -0.39 is 0 Å². The standard InChI is InChI=1S/C6H6ClNOS/c1-3(9)5-6(7)8-4(2)10-5/h1-2H3. The zero-order chi connectivity index (χ0) is 7.72. The molecule has 0 amide bonds. The molecule has 0 spiro atoms. The number of carbonyl (C=O) groups excluding carboxylic acids is 1. The summed E-state index contributed by atoms with van der Waals surface area (Å²) >= 11 is 6.95. The molecule has 4 heteroatoms. The zero-order valence-corrected chi connectivity index (χ0v) is 7.21. The second-order valence-corrected chi connectivity index (χ2v) is 3.47. The van der Waals surface area contributed by atoms with E-state index in [1.165, 1.54) is 18.3 Å². The van der Waals surface area contributed by atoms with Crippen molar-refractivity contribution < 1.29 is 4.79 Å². The first-order valence-corrected chi connectivity index (χ1v) is 3.94. The Balaban J connectivity index is 3.15. The van der Waals surface area contributed by atoms with Crippen molar-refractivity contribution in [3.05, 3.63) is 15.0 Å². The van der Waals surface area contributed by atoms with Crippen LogP contribution in [0.1, 0.15) is 21.6 Å². The first kappa shape index (κ1) is 7.69. The summed E-state index contributed by atoms with van der Waals surface area (Å²) in [6, 6.07) is 0. The summed E-state index contributed by atoms with van der Waals surface area (Å²) in [4.78, 5) is 15.2. The molecule has 0 atom stereocenters. The summed E-state index contributed by atoms with van der Waals surface area (Å²) < 4.78 is 0. The van der Waals surface area contributed by atoms with Crippen molar-refractivity contribution in [1.29, 1.82) is 0 Å². The van der Waals surface area contributed by atoms with Crippen LogP contribution in [0.25, 0.3) is 0 Å². The van der Waals surface area contributed by atoms with Gasteiger partial charge in [-0.1, -0.05) is 11.6 Å². The average molecular weight is 176 g/mol. The molecule has 1 rings (SSSR count). The predicted molar refractivity (Wildman–Crippen MR) is 41.9 cm³/mol. The van der Waals surface area contributed by atoms with Crippen molar-refractivity contribution >= 4 is 28.7 Å². The topological polar surface area (TPSA) is 30.0 Å². The number of rotatable bonds is 1. The molecule has 1 heterocycles. The van der Waals surface area contributed by atoms with Crippen LogP contribution in [0.2, 0.25) is 5.15 Å². The minimum Gasteiger partial charge on any atom is -0.293 e. The lowest BCUT2D eigenvalue weighted by Crippen LogP contribution is -1.86. The van der Waals surface area contributed by atoms with Crippen LogP contribution in [0, 0.1) is 6.92 Å². The molecule has 0 N–H and O–H groups in total. The molecule has 54 valence electrons. The van der Waals surface area contributed by atoms with Gasteiger partial charge in [-0.25, -0.2) is 4.98 Å². The fourth-order valence-electron chi connectivity index (χ4n) is 0.619. The molecule has 0 saturated heterocycles. The number of hydrogen-bond donors (Lipinski definition) is 0. The minimum absolute atomic E-state index is 0.0180. The summed E-state index contributed by atoms with van der Waals surface area (Å²) in [5, 5.41) is 1.16. The number of carbonyl (C=O) groups is 1. The second kappa shape index (κ2) is 2.68. The maximum atomic E-state index is 10.8. The van der Waals surface area contributed by atoms with Gasteiger partial charge in [-0.15, -0.1) is 11.3 Å². The van der Waals surface area contributed by atoms with Crippen LogP contribution in [0.3, 0.4) is 0 Å². The maximum absolute atomic E-state index is 10.8. The summed E-state index contributed by atoms with van der Waals surface area (Å²) in [5.74, 6) is -0.0180. The first-order valence-electron chi connectivity index (χ1n) is 2.75. The van der Waals surface area contributed by atoms with Gasteiger partial charge < -0.3 is 0 Å². The van der Waals surface area contributed by atoms with Gasteiger partial charge in [0.1, 0.15) is 4.88 Å². The highest BCUT2D eigenvalue weighted by atomic mass is 35.5. The lowest BCUT2D eigenvalue weighted by Gasteiger charge is -1.83. The fraction of sp³-hybridized carbons (Fsp3) is 0.333. The largest absolute Gasteiger partial charge is 0.293 e. The third kappa shape index (κ3) is 1.36. The Hall–Kier alpha value is -0.410. The van der Waals surface area contributed by atoms with Gasteiger partial charge in [-0.05, 0) is 6.92 Å². The number of Topliss-reactive ketones (excluding diaryl/α,β-unsaturated/α-hetero) is 1. The van der Waals surface area contributed by atoms with Crippen molar-refractivity contribution in [3.63, 3.8) is 0 Å². The summed E-state index contributed by atoms with van der Waals surface area (Å²) in [7, 11) is 0. The van der Waals surface area contributed by atoms with Gasteiger partial charge in [0.2, 0.25) is 0 Å². The molecule has 0 unspecified atom stereocenters. The number of nitrogens with zero attached hydrogens (tertiary/aromatic N) is 1. The number of halogens is 1.